The van der Waals surface area contributed by atoms with E-state index in [0.29, 0.717) is 11.5 Å². The second kappa shape index (κ2) is 5.43. The van der Waals surface area contributed by atoms with Gasteiger partial charge in [0, 0.05) is 26.2 Å². The molecule has 1 amide bonds. The molecule has 5 nitrogen and oxygen atoms in total. The summed E-state index contributed by atoms with van der Waals surface area (Å²) < 4.78 is 43.3. The van der Waals surface area contributed by atoms with Crippen LogP contribution >= 0.6 is 0 Å². The van der Waals surface area contributed by atoms with Gasteiger partial charge in [0.1, 0.15) is 11.5 Å². The highest BCUT2D eigenvalue weighted by atomic mass is 19.4. The molecule has 8 heteroatoms. The third kappa shape index (κ3) is 3.12. The predicted octanol–water partition coefficient (Wildman–Crippen LogP) is 1.34. The molecule has 20 heavy (non-hydrogen) atoms. The van der Waals surface area contributed by atoms with Crippen molar-refractivity contribution >= 4 is 5.91 Å². The molecule has 1 aliphatic heterocycles. The second-order valence-corrected chi connectivity index (χ2v) is 5.04. The zero-order valence-electron chi connectivity index (χ0n) is 11.2. The van der Waals surface area contributed by atoms with Crippen molar-refractivity contribution in [1.29, 1.82) is 0 Å². The Hall–Kier alpha value is -1.57. The van der Waals surface area contributed by atoms with Crippen molar-refractivity contribution < 1.29 is 22.5 Å². The molecular formula is C12H16F3N3O2. The number of halogens is 3. The minimum atomic E-state index is -4.37. The number of alkyl halides is 3. The SMILES string of the molecule is Cc1cc(CN(C)C(=O)[C@@H]2CNC[C@H]2C(F)(F)F)no1. The maximum absolute atomic E-state index is 12.8. The van der Waals surface area contributed by atoms with Crippen molar-refractivity contribution in [2.75, 3.05) is 20.1 Å². The van der Waals surface area contributed by atoms with E-state index in [1.807, 2.05) is 0 Å². The van der Waals surface area contributed by atoms with Gasteiger partial charge in [-0.1, -0.05) is 5.16 Å². The molecular weight excluding hydrogens is 275 g/mol. The molecule has 1 fully saturated rings. The summed E-state index contributed by atoms with van der Waals surface area (Å²) in [6.07, 6.45) is -4.37. The maximum atomic E-state index is 12.8. The monoisotopic (exact) mass is 291 g/mol. The fourth-order valence-corrected chi connectivity index (χ4v) is 2.38. The Morgan fingerprint density at radius 3 is 2.80 bits per heavy atom. The topological polar surface area (TPSA) is 58.4 Å². The van der Waals surface area contributed by atoms with Gasteiger partial charge in [-0.15, -0.1) is 0 Å². The first-order valence-corrected chi connectivity index (χ1v) is 6.23. The van der Waals surface area contributed by atoms with Gasteiger partial charge < -0.3 is 14.7 Å². The third-order valence-corrected chi connectivity index (χ3v) is 3.40. The Morgan fingerprint density at radius 2 is 2.25 bits per heavy atom. The number of amides is 1. The van der Waals surface area contributed by atoms with Gasteiger partial charge in [0.05, 0.1) is 18.4 Å². The molecule has 0 spiro atoms. The number of hydrogen-bond donors (Lipinski definition) is 1. The second-order valence-electron chi connectivity index (χ2n) is 5.04. The smallest absolute Gasteiger partial charge is 0.361 e. The summed E-state index contributed by atoms with van der Waals surface area (Å²) in [6.45, 7) is 1.68. The van der Waals surface area contributed by atoms with Crippen molar-refractivity contribution in [1.82, 2.24) is 15.4 Å². The van der Waals surface area contributed by atoms with Crippen LogP contribution in [-0.2, 0) is 11.3 Å². The molecule has 2 rings (SSSR count). The molecule has 1 aliphatic rings. The Morgan fingerprint density at radius 1 is 1.55 bits per heavy atom. The Bertz CT molecular complexity index is 487. The van der Waals surface area contributed by atoms with E-state index in [1.165, 1.54) is 11.9 Å². The summed E-state index contributed by atoms with van der Waals surface area (Å²) in [5.74, 6) is -2.64. The van der Waals surface area contributed by atoms with E-state index in [1.54, 1.807) is 13.0 Å². The zero-order chi connectivity index (χ0) is 14.9. The summed E-state index contributed by atoms with van der Waals surface area (Å²) in [7, 11) is 1.47. The van der Waals surface area contributed by atoms with E-state index in [-0.39, 0.29) is 19.6 Å². The van der Waals surface area contributed by atoms with E-state index in [2.05, 4.69) is 10.5 Å². The van der Waals surface area contributed by atoms with Gasteiger partial charge in [0.25, 0.3) is 0 Å². The zero-order valence-corrected chi connectivity index (χ0v) is 11.2. The summed E-state index contributed by atoms with van der Waals surface area (Å²) >= 11 is 0. The maximum Gasteiger partial charge on any atom is 0.393 e. The lowest BCUT2D eigenvalue weighted by Crippen LogP contribution is -2.40. The van der Waals surface area contributed by atoms with Crippen LogP contribution in [0.2, 0.25) is 0 Å². The van der Waals surface area contributed by atoms with Gasteiger partial charge in [-0.2, -0.15) is 13.2 Å². The van der Waals surface area contributed by atoms with Crippen LogP contribution in [0, 0.1) is 18.8 Å². The minimum absolute atomic E-state index is 0.0468. The number of nitrogens with one attached hydrogen (secondary N) is 1. The van der Waals surface area contributed by atoms with E-state index in [0.717, 1.165) is 0 Å². The minimum Gasteiger partial charge on any atom is -0.361 e. The number of carbonyl (C=O) groups is 1. The molecule has 1 saturated heterocycles. The fourth-order valence-electron chi connectivity index (χ4n) is 2.38. The van der Waals surface area contributed by atoms with Gasteiger partial charge in [0.2, 0.25) is 5.91 Å². The average Bonchev–Trinajstić information content (AvgIpc) is 2.96. The van der Waals surface area contributed by atoms with Crippen LogP contribution in [0.15, 0.2) is 10.6 Å². The lowest BCUT2D eigenvalue weighted by atomic mass is 9.94. The molecule has 0 saturated carbocycles. The summed E-state index contributed by atoms with van der Waals surface area (Å²) in [4.78, 5) is 13.4. The van der Waals surface area contributed by atoms with E-state index in [4.69, 9.17) is 4.52 Å². The molecule has 0 aromatic carbocycles. The molecule has 0 radical (unpaired) electrons. The van der Waals surface area contributed by atoms with Crippen LogP contribution in [0.5, 0.6) is 0 Å². The van der Waals surface area contributed by atoms with Crippen LogP contribution in [0.1, 0.15) is 11.5 Å². The lowest BCUT2D eigenvalue weighted by Gasteiger charge is -2.25. The van der Waals surface area contributed by atoms with Gasteiger partial charge in [-0.25, -0.2) is 0 Å². The summed E-state index contributed by atoms with van der Waals surface area (Å²) in [6, 6.07) is 1.65. The van der Waals surface area contributed by atoms with Crippen molar-refractivity contribution in [2.45, 2.75) is 19.6 Å². The molecule has 1 aromatic rings. The number of aromatic nitrogens is 1. The van der Waals surface area contributed by atoms with Gasteiger partial charge in [-0.05, 0) is 6.92 Å². The average molecular weight is 291 g/mol. The molecule has 2 heterocycles. The first kappa shape index (κ1) is 14.8. The largest absolute Gasteiger partial charge is 0.393 e. The molecule has 1 aromatic heterocycles. The first-order chi connectivity index (χ1) is 9.29. The van der Waals surface area contributed by atoms with Crippen LogP contribution in [0.25, 0.3) is 0 Å². The molecule has 0 bridgehead atoms. The van der Waals surface area contributed by atoms with E-state index < -0.39 is 23.9 Å². The van der Waals surface area contributed by atoms with Crippen molar-refractivity contribution in [3.05, 3.63) is 17.5 Å². The van der Waals surface area contributed by atoms with Crippen molar-refractivity contribution in [2.24, 2.45) is 11.8 Å². The van der Waals surface area contributed by atoms with Crippen LogP contribution in [-0.4, -0.2) is 42.3 Å². The molecule has 112 valence electrons. The first-order valence-electron chi connectivity index (χ1n) is 6.23. The number of rotatable bonds is 3. The van der Waals surface area contributed by atoms with Gasteiger partial charge >= 0.3 is 6.18 Å². The summed E-state index contributed by atoms with van der Waals surface area (Å²) in [5.41, 5.74) is 0.521. The van der Waals surface area contributed by atoms with E-state index >= 15 is 0 Å². The molecule has 2 atom stereocenters. The fraction of sp³-hybridized carbons (Fsp3) is 0.667. The Balaban J connectivity index is 2.02. The Kier molecular flexibility index (Phi) is 4.03. The van der Waals surface area contributed by atoms with Crippen molar-refractivity contribution in [3.63, 3.8) is 0 Å². The quantitative estimate of drug-likeness (QED) is 0.913. The highest BCUT2D eigenvalue weighted by Crippen LogP contribution is 2.35. The normalized spacial score (nSPS) is 23.1. The van der Waals surface area contributed by atoms with Gasteiger partial charge in [0.15, 0.2) is 0 Å². The highest BCUT2D eigenvalue weighted by Gasteiger charge is 2.50. The standard InChI is InChI=1S/C12H16F3N3O2/c1-7-3-8(17-20-7)6-18(2)11(19)9-4-16-5-10(9)12(13,14)15/h3,9-10,16H,4-6H2,1-2H3/t9-,10-/m1/s1. The third-order valence-electron chi connectivity index (χ3n) is 3.40. The number of carbonyl (C=O) groups excluding carboxylic acids is 1. The van der Waals surface area contributed by atoms with E-state index in [9.17, 15) is 18.0 Å². The molecule has 0 unspecified atom stereocenters. The van der Waals surface area contributed by atoms with Gasteiger partial charge in [-0.3, -0.25) is 4.79 Å². The highest BCUT2D eigenvalue weighted by molar-refractivity contribution is 5.79. The number of nitrogens with zero attached hydrogens (tertiary/aromatic N) is 2. The number of hydrogen-bond acceptors (Lipinski definition) is 4. The van der Waals surface area contributed by atoms with Crippen LogP contribution in [0.4, 0.5) is 13.2 Å². The summed E-state index contributed by atoms with van der Waals surface area (Å²) in [5, 5.41) is 6.36. The van der Waals surface area contributed by atoms with Crippen LogP contribution in [0.3, 0.4) is 0 Å². The lowest BCUT2D eigenvalue weighted by molar-refractivity contribution is -0.184. The number of aryl methyl sites for hydroxylation is 1. The van der Waals surface area contributed by atoms with Crippen molar-refractivity contribution in [3.8, 4) is 0 Å². The molecule has 0 aliphatic carbocycles. The Labute approximate surface area is 114 Å². The van der Waals surface area contributed by atoms with Crippen LogP contribution < -0.4 is 5.32 Å². The predicted molar refractivity (Wildman–Crippen MR) is 63.6 cm³/mol. The molecule has 1 N–H and O–H groups in total.